The van der Waals surface area contributed by atoms with E-state index in [1.165, 1.54) is 11.1 Å². The van der Waals surface area contributed by atoms with Crippen molar-refractivity contribution < 1.29 is 5.11 Å². The van der Waals surface area contributed by atoms with Crippen LogP contribution < -0.4 is 0 Å². The van der Waals surface area contributed by atoms with Crippen LogP contribution in [0.25, 0.3) is 6.08 Å². The molecule has 0 aliphatic carbocycles. The average Bonchev–Trinajstić information content (AvgIpc) is 2.27. The average molecular weight is 197 g/mol. The molecular weight excluding hydrogens is 186 g/mol. The van der Waals surface area contributed by atoms with Crippen LogP contribution in [0.15, 0.2) is 54.1 Å². The Morgan fingerprint density at radius 1 is 1.20 bits per heavy atom. The van der Waals surface area contributed by atoms with Crippen molar-refractivity contribution in [2.75, 3.05) is 0 Å². The number of hydrogen-bond donors (Lipinski definition) is 1. The lowest BCUT2D eigenvalue weighted by Gasteiger charge is -2.30. The number of hydrogen-bond acceptors (Lipinski definition) is 2. The highest BCUT2D eigenvalue weighted by Crippen LogP contribution is 2.29. The van der Waals surface area contributed by atoms with Gasteiger partial charge in [0.1, 0.15) is 5.76 Å². The quantitative estimate of drug-likeness (QED) is 0.691. The van der Waals surface area contributed by atoms with E-state index < -0.39 is 0 Å². The molecule has 2 aliphatic rings. The number of benzene rings is 1. The summed E-state index contributed by atoms with van der Waals surface area (Å²) in [6.45, 7) is 0.830. The molecule has 2 heteroatoms. The molecule has 2 aliphatic heterocycles. The zero-order valence-electron chi connectivity index (χ0n) is 8.22. The van der Waals surface area contributed by atoms with E-state index in [1.807, 2.05) is 30.5 Å². The SMILES string of the molecule is OC1=CC=CN2Cc3ccccc3C=C12. The maximum absolute atomic E-state index is 9.73. The molecule has 0 atom stereocenters. The summed E-state index contributed by atoms with van der Waals surface area (Å²) in [6.07, 6.45) is 7.59. The molecule has 1 aromatic rings. The van der Waals surface area contributed by atoms with Gasteiger partial charge in [0.05, 0.1) is 5.70 Å². The molecule has 2 nitrogen and oxygen atoms in total. The first kappa shape index (κ1) is 8.36. The van der Waals surface area contributed by atoms with Crippen LogP contribution in [-0.4, -0.2) is 10.0 Å². The third kappa shape index (κ3) is 1.26. The van der Waals surface area contributed by atoms with Crippen molar-refractivity contribution in [3.8, 4) is 0 Å². The van der Waals surface area contributed by atoms with E-state index in [2.05, 4.69) is 17.0 Å². The Morgan fingerprint density at radius 2 is 2.07 bits per heavy atom. The largest absolute Gasteiger partial charge is 0.506 e. The Kier molecular flexibility index (Phi) is 1.68. The molecule has 0 aromatic heterocycles. The molecule has 0 saturated heterocycles. The first-order valence-corrected chi connectivity index (χ1v) is 4.99. The predicted octanol–water partition coefficient (Wildman–Crippen LogP) is 2.81. The molecule has 74 valence electrons. The molecule has 0 amide bonds. The van der Waals surface area contributed by atoms with Crippen LogP contribution in [0.1, 0.15) is 11.1 Å². The zero-order chi connectivity index (χ0) is 10.3. The summed E-state index contributed by atoms with van der Waals surface area (Å²) in [5, 5.41) is 9.73. The summed E-state index contributed by atoms with van der Waals surface area (Å²) < 4.78 is 0. The zero-order valence-corrected chi connectivity index (χ0v) is 8.22. The van der Waals surface area contributed by atoms with E-state index in [9.17, 15) is 5.11 Å². The number of rotatable bonds is 0. The molecular formula is C13H11NO. The third-order valence-electron chi connectivity index (χ3n) is 2.78. The Hall–Kier alpha value is -1.96. The van der Waals surface area contributed by atoms with Gasteiger partial charge in [-0.3, -0.25) is 0 Å². The molecule has 0 fully saturated rings. The van der Waals surface area contributed by atoms with E-state index in [4.69, 9.17) is 0 Å². The molecule has 0 saturated carbocycles. The lowest BCUT2D eigenvalue weighted by Crippen LogP contribution is -2.23. The number of allylic oxidation sites excluding steroid dienone is 2. The summed E-state index contributed by atoms with van der Waals surface area (Å²) in [5.41, 5.74) is 3.37. The van der Waals surface area contributed by atoms with Crippen LogP contribution >= 0.6 is 0 Å². The number of aliphatic hydroxyl groups excluding tert-OH is 1. The molecule has 3 rings (SSSR count). The van der Waals surface area contributed by atoms with Crippen molar-refractivity contribution in [1.82, 2.24) is 4.90 Å². The lowest BCUT2D eigenvalue weighted by molar-refractivity contribution is 0.355. The van der Waals surface area contributed by atoms with Gasteiger partial charge in [-0.15, -0.1) is 0 Å². The molecule has 2 heterocycles. The van der Waals surface area contributed by atoms with E-state index in [-0.39, 0.29) is 0 Å². The fourth-order valence-corrected chi connectivity index (χ4v) is 2.00. The second-order valence-corrected chi connectivity index (χ2v) is 3.75. The van der Waals surface area contributed by atoms with Gasteiger partial charge in [-0.25, -0.2) is 0 Å². The van der Waals surface area contributed by atoms with Crippen LogP contribution in [0.2, 0.25) is 0 Å². The normalized spacial score (nSPS) is 17.7. The van der Waals surface area contributed by atoms with Gasteiger partial charge in [-0.2, -0.15) is 0 Å². The summed E-state index contributed by atoms with van der Waals surface area (Å²) in [4.78, 5) is 2.05. The third-order valence-corrected chi connectivity index (χ3v) is 2.78. The fraction of sp³-hybridized carbons (Fsp3) is 0.0769. The Balaban J connectivity index is 2.15. The van der Waals surface area contributed by atoms with Gasteiger partial charge >= 0.3 is 0 Å². The standard InChI is InChI=1S/C13H11NO/c15-13-6-3-7-14-9-11-5-2-1-4-10(11)8-12(13)14/h1-8,15H,9H2. The van der Waals surface area contributed by atoms with Crippen molar-refractivity contribution in [1.29, 1.82) is 0 Å². The van der Waals surface area contributed by atoms with Gasteiger partial charge in [0.25, 0.3) is 0 Å². The van der Waals surface area contributed by atoms with Crippen LogP contribution in [0.4, 0.5) is 0 Å². The Morgan fingerprint density at radius 3 is 3.00 bits per heavy atom. The summed E-state index contributed by atoms with van der Waals surface area (Å²) >= 11 is 0. The van der Waals surface area contributed by atoms with Crippen molar-refractivity contribution in [3.05, 3.63) is 65.2 Å². The van der Waals surface area contributed by atoms with Crippen LogP contribution in [0.5, 0.6) is 0 Å². The van der Waals surface area contributed by atoms with Gasteiger partial charge in [0, 0.05) is 12.7 Å². The monoisotopic (exact) mass is 197 g/mol. The minimum Gasteiger partial charge on any atom is -0.506 e. The maximum Gasteiger partial charge on any atom is 0.139 e. The van der Waals surface area contributed by atoms with E-state index in [0.29, 0.717) is 5.76 Å². The first-order chi connectivity index (χ1) is 7.34. The van der Waals surface area contributed by atoms with Gasteiger partial charge in [0.2, 0.25) is 0 Å². The molecule has 1 N–H and O–H groups in total. The minimum atomic E-state index is 0.340. The number of aliphatic hydroxyl groups is 1. The van der Waals surface area contributed by atoms with Crippen molar-refractivity contribution in [3.63, 3.8) is 0 Å². The second-order valence-electron chi connectivity index (χ2n) is 3.75. The molecule has 1 aromatic carbocycles. The molecule has 15 heavy (non-hydrogen) atoms. The fourth-order valence-electron chi connectivity index (χ4n) is 2.00. The van der Waals surface area contributed by atoms with Crippen LogP contribution in [0, 0.1) is 0 Å². The highest BCUT2D eigenvalue weighted by atomic mass is 16.3. The van der Waals surface area contributed by atoms with Crippen molar-refractivity contribution in [2.24, 2.45) is 0 Å². The smallest absolute Gasteiger partial charge is 0.139 e. The summed E-state index contributed by atoms with van der Waals surface area (Å²) in [6, 6.07) is 8.25. The van der Waals surface area contributed by atoms with Gasteiger partial charge in [-0.1, -0.05) is 24.3 Å². The van der Waals surface area contributed by atoms with E-state index in [1.54, 1.807) is 6.08 Å². The number of nitrogens with zero attached hydrogens (tertiary/aromatic N) is 1. The van der Waals surface area contributed by atoms with Gasteiger partial charge < -0.3 is 10.0 Å². The lowest BCUT2D eigenvalue weighted by atomic mass is 10.00. The van der Waals surface area contributed by atoms with Gasteiger partial charge in [-0.05, 0) is 29.4 Å². The Labute approximate surface area is 88.5 Å². The van der Waals surface area contributed by atoms with E-state index in [0.717, 1.165) is 12.2 Å². The maximum atomic E-state index is 9.73. The van der Waals surface area contributed by atoms with Crippen LogP contribution in [0.3, 0.4) is 0 Å². The topological polar surface area (TPSA) is 23.5 Å². The summed E-state index contributed by atoms with van der Waals surface area (Å²) in [5.74, 6) is 0.340. The van der Waals surface area contributed by atoms with Crippen molar-refractivity contribution >= 4 is 6.08 Å². The highest BCUT2D eigenvalue weighted by Gasteiger charge is 2.19. The summed E-state index contributed by atoms with van der Waals surface area (Å²) in [7, 11) is 0. The number of fused-ring (bicyclic) bond motifs is 2. The molecule has 0 bridgehead atoms. The first-order valence-electron chi connectivity index (χ1n) is 4.99. The van der Waals surface area contributed by atoms with Crippen LogP contribution in [-0.2, 0) is 6.54 Å². The minimum absolute atomic E-state index is 0.340. The highest BCUT2D eigenvalue weighted by molar-refractivity contribution is 5.63. The van der Waals surface area contributed by atoms with Gasteiger partial charge in [0.15, 0.2) is 0 Å². The molecule has 0 unspecified atom stereocenters. The second kappa shape index (κ2) is 3.02. The Bertz CT molecular complexity index is 497. The van der Waals surface area contributed by atoms with E-state index >= 15 is 0 Å². The molecule has 0 spiro atoms. The molecule has 0 radical (unpaired) electrons. The van der Waals surface area contributed by atoms with Crippen molar-refractivity contribution in [2.45, 2.75) is 6.54 Å². The predicted molar refractivity (Wildman–Crippen MR) is 59.8 cm³/mol.